The first-order chi connectivity index (χ1) is 10.3. The van der Waals surface area contributed by atoms with Gasteiger partial charge in [-0.15, -0.1) is 0 Å². The molecule has 0 aromatic carbocycles. The summed E-state index contributed by atoms with van der Waals surface area (Å²) in [4.78, 5) is 14.6. The van der Waals surface area contributed by atoms with E-state index in [1.807, 2.05) is 0 Å². The van der Waals surface area contributed by atoms with Crippen molar-refractivity contribution in [3.05, 3.63) is 11.6 Å². The minimum atomic E-state index is -0.126. The Balaban J connectivity index is 1.74. The van der Waals surface area contributed by atoms with Crippen molar-refractivity contribution in [2.75, 3.05) is 26.7 Å². The van der Waals surface area contributed by atoms with Gasteiger partial charge in [-0.25, -0.2) is 4.79 Å². The van der Waals surface area contributed by atoms with Gasteiger partial charge in [0.1, 0.15) is 0 Å². The van der Waals surface area contributed by atoms with Gasteiger partial charge < -0.3 is 10.1 Å². The van der Waals surface area contributed by atoms with Gasteiger partial charge >= 0.3 is 5.97 Å². The third-order valence-electron chi connectivity index (χ3n) is 5.45. The summed E-state index contributed by atoms with van der Waals surface area (Å²) in [7, 11) is 1.49. The van der Waals surface area contributed by atoms with Crippen LogP contribution in [0.5, 0.6) is 0 Å². The van der Waals surface area contributed by atoms with Crippen LogP contribution in [-0.2, 0) is 9.53 Å². The predicted molar refractivity (Wildman–Crippen MR) is 83.1 cm³/mol. The molecule has 1 saturated heterocycles. The monoisotopic (exact) mass is 292 g/mol. The molecular formula is C17H28N2O2. The average Bonchev–Trinajstić information content (AvgIpc) is 3.00. The minimum absolute atomic E-state index is 0.126. The molecule has 1 aliphatic carbocycles. The van der Waals surface area contributed by atoms with E-state index in [2.05, 4.69) is 16.3 Å². The number of fused-ring (bicyclic) bond motifs is 1. The molecule has 1 saturated carbocycles. The second-order valence-corrected chi connectivity index (χ2v) is 6.70. The number of ether oxygens (including phenoxy) is 1. The van der Waals surface area contributed by atoms with Crippen LogP contribution in [-0.4, -0.2) is 49.7 Å². The lowest BCUT2D eigenvalue weighted by Crippen LogP contribution is -2.55. The molecule has 0 unspecified atom stereocenters. The topological polar surface area (TPSA) is 41.6 Å². The second-order valence-electron chi connectivity index (χ2n) is 6.70. The molecule has 0 spiro atoms. The minimum Gasteiger partial charge on any atom is -0.466 e. The third kappa shape index (κ3) is 3.32. The van der Waals surface area contributed by atoms with Gasteiger partial charge in [-0.05, 0) is 64.1 Å². The van der Waals surface area contributed by atoms with Crippen molar-refractivity contribution in [3.63, 3.8) is 0 Å². The van der Waals surface area contributed by atoms with E-state index in [0.29, 0.717) is 18.0 Å². The molecule has 118 valence electrons. The summed E-state index contributed by atoms with van der Waals surface area (Å²) in [6, 6.07) is 1.22. The molecule has 0 radical (unpaired) electrons. The number of carbonyl (C=O) groups is 1. The van der Waals surface area contributed by atoms with Crippen LogP contribution in [0.2, 0.25) is 0 Å². The normalized spacial score (nSPS) is 37.0. The number of carbonyl (C=O) groups excluding carboxylic acids is 1. The molecule has 0 aromatic rings. The van der Waals surface area contributed by atoms with E-state index >= 15 is 0 Å². The summed E-state index contributed by atoms with van der Waals surface area (Å²) in [5, 5.41) is 3.79. The average molecular weight is 292 g/mol. The van der Waals surface area contributed by atoms with Gasteiger partial charge in [-0.3, -0.25) is 4.90 Å². The predicted octanol–water partition coefficient (Wildman–Crippen LogP) is 2.10. The van der Waals surface area contributed by atoms with Gasteiger partial charge in [-0.2, -0.15) is 0 Å². The van der Waals surface area contributed by atoms with Crippen LogP contribution in [0, 0.1) is 5.92 Å². The van der Waals surface area contributed by atoms with Gasteiger partial charge in [0.25, 0.3) is 0 Å². The van der Waals surface area contributed by atoms with Crippen molar-refractivity contribution in [3.8, 4) is 0 Å². The lowest BCUT2D eigenvalue weighted by Gasteiger charge is -2.44. The molecule has 4 nitrogen and oxygen atoms in total. The zero-order valence-electron chi connectivity index (χ0n) is 13.1. The number of methoxy groups -OCH3 is 1. The molecule has 0 amide bonds. The highest BCUT2D eigenvalue weighted by Crippen LogP contribution is 2.34. The zero-order chi connectivity index (χ0) is 14.7. The Morgan fingerprint density at radius 2 is 2.10 bits per heavy atom. The Morgan fingerprint density at radius 1 is 1.29 bits per heavy atom. The zero-order valence-corrected chi connectivity index (χ0v) is 13.1. The van der Waals surface area contributed by atoms with E-state index in [1.165, 1.54) is 52.3 Å². The van der Waals surface area contributed by atoms with E-state index in [9.17, 15) is 4.79 Å². The molecule has 4 heteroatoms. The second kappa shape index (κ2) is 6.93. The van der Waals surface area contributed by atoms with E-state index < -0.39 is 0 Å². The van der Waals surface area contributed by atoms with Crippen LogP contribution in [0.25, 0.3) is 0 Å². The Labute approximate surface area is 127 Å². The van der Waals surface area contributed by atoms with Gasteiger partial charge in [0, 0.05) is 17.7 Å². The van der Waals surface area contributed by atoms with Crippen LogP contribution in [0.4, 0.5) is 0 Å². The number of hydrogen-bond donors (Lipinski definition) is 1. The maximum Gasteiger partial charge on any atom is 0.333 e. The van der Waals surface area contributed by atoms with Crippen molar-refractivity contribution in [1.29, 1.82) is 0 Å². The number of nitrogens with zero attached hydrogens (tertiary/aromatic N) is 1. The van der Waals surface area contributed by atoms with Crippen molar-refractivity contribution in [2.24, 2.45) is 5.92 Å². The van der Waals surface area contributed by atoms with Gasteiger partial charge in [0.15, 0.2) is 0 Å². The van der Waals surface area contributed by atoms with Crippen LogP contribution < -0.4 is 5.32 Å². The fourth-order valence-corrected chi connectivity index (χ4v) is 4.44. The number of esters is 1. The van der Waals surface area contributed by atoms with Gasteiger partial charge in [0.2, 0.25) is 0 Å². The van der Waals surface area contributed by atoms with Crippen LogP contribution >= 0.6 is 0 Å². The largest absolute Gasteiger partial charge is 0.466 e. The number of nitrogens with one attached hydrogen (secondary N) is 1. The number of rotatable bonds is 2. The van der Waals surface area contributed by atoms with Crippen molar-refractivity contribution >= 4 is 5.97 Å². The van der Waals surface area contributed by atoms with E-state index in [-0.39, 0.29) is 5.97 Å². The fraction of sp³-hybridized carbons (Fsp3) is 0.824. The van der Waals surface area contributed by atoms with E-state index in [1.54, 1.807) is 0 Å². The first-order valence-corrected chi connectivity index (χ1v) is 8.54. The van der Waals surface area contributed by atoms with Crippen molar-refractivity contribution < 1.29 is 9.53 Å². The van der Waals surface area contributed by atoms with Crippen molar-refractivity contribution in [2.45, 2.75) is 57.0 Å². The maximum atomic E-state index is 11.9. The first kappa shape index (κ1) is 15.0. The van der Waals surface area contributed by atoms with Gasteiger partial charge in [0.05, 0.1) is 7.11 Å². The summed E-state index contributed by atoms with van der Waals surface area (Å²) < 4.78 is 4.95. The third-order valence-corrected chi connectivity index (χ3v) is 5.45. The maximum absolute atomic E-state index is 11.9. The molecular weight excluding hydrogens is 264 g/mol. The molecule has 2 fully saturated rings. The molecule has 2 heterocycles. The lowest BCUT2D eigenvalue weighted by atomic mass is 9.76. The SMILES string of the molecule is COC(=O)/C1=C\CCN[C@@H]2[C@@H](CCC[C@H]2N2CCCC2)C1. The quantitative estimate of drug-likeness (QED) is 0.792. The summed E-state index contributed by atoms with van der Waals surface area (Å²) in [6.45, 7) is 3.50. The summed E-state index contributed by atoms with van der Waals surface area (Å²) >= 11 is 0. The summed E-state index contributed by atoms with van der Waals surface area (Å²) in [6.07, 6.45) is 10.4. The standard InChI is InChI=1S/C17H28N2O2/c1-21-17(20)14-7-5-9-18-16-13(12-14)6-4-8-15(16)19-10-2-3-11-19/h7,13,15-16,18H,2-6,8-12H2,1H3/b14-7-/t13-,15+,16+/m0/s1. The Morgan fingerprint density at radius 3 is 2.86 bits per heavy atom. The molecule has 3 rings (SSSR count). The molecule has 0 bridgehead atoms. The molecule has 21 heavy (non-hydrogen) atoms. The Kier molecular flexibility index (Phi) is 4.96. The van der Waals surface area contributed by atoms with Crippen LogP contribution in [0.15, 0.2) is 11.6 Å². The Hall–Kier alpha value is -0.870. The first-order valence-electron chi connectivity index (χ1n) is 8.54. The number of hydrogen-bond acceptors (Lipinski definition) is 4. The van der Waals surface area contributed by atoms with E-state index in [4.69, 9.17) is 4.74 Å². The van der Waals surface area contributed by atoms with Crippen LogP contribution in [0.1, 0.15) is 44.9 Å². The molecule has 2 aliphatic heterocycles. The molecule has 0 aromatic heterocycles. The summed E-state index contributed by atoms with van der Waals surface area (Å²) in [5.74, 6) is 0.453. The van der Waals surface area contributed by atoms with Crippen molar-refractivity contribution in [1.82, 2.24) is 10.2 Å². The van der Waals surface area contributed by atoms with E-state index in [0.717, 1.165) is 25.0 Å². The smallest absolute Gasteiger partial charge is 0.333 e. The summed E-state index contributed by atoms with van der Waals surface area (Å²) in [5.41, 5.74) is 0.899. The lowest BCUT2D eigenvalue weighted by molar-refractivity contribution is -0.136. The number of likely N-dealkylation sites (tertiary alicyclic amines) is 1. The highest BCUT2D eigenvalue weighted by Gasteiger charge is 2.38. The molecule has 1 N–H and O–H groups in total. The molecule has 3 aliphatic rings. The Bertz CT molecular complexity index is 402. The highest BCUT2D eigenvalue weighted by molar-refractivity contribution is 5.88. The van der Waals surface area contributed by atoms with Crippen LogP contribution in [0.3, 0.4) is 0 Å². The fourth-order valence-electron chi connectivity index (χ4n) is 4.44. The highest BCUT2D eigenvalue weighted by atomic mass is 16.5. The van der Waals surface area contributed by atoms with Gasteiger partial charge in [-0.1, -0.05) is 12.5 Å². The molecule has 3 atom stereocenters.